The molecule has 7 nitrogen and oxygen atoms in total. The lowest BCUT2D eigenvalue weighted by atomic mass is 10.0. The van der Waals surface area contributed by atoms with E-state index in [4.69, 9.17) is 5.26 Å². The molecule has 0 radical (unpaired) electrons. The van der Waals surface area contributed by atoms with Crippen LogP contribution < -0.4 is 5.32 Å². The molecule has 0 spiro atoms. The van der Waals surface area contributed by atoms with Crippen LogP contribution in [0.5, 0.6) is 0 Å². The summed E-state index contributed by atoms with van der Waals surface area (Å²) in [4.78, 5) is 18.2. The minimum Gasteiger partial charge on any atom is -0.331 e. The fourth-order valence-electron chi connectivity index (χ4n) is 2.63. The lowest BCUT2D eigenvalue weighted by Crippen LogP contribution is -2.45. The molecule has 0 bridgehead atoms. The Kier molecular flexibility index (Phi) is 4.52. The van der Waals surface area contributed by atoms with Crippen LogP contribution in [0.3, 0.4) is 0 Å². The molecule has 1 fully saturated rings. The minimum absolute atomic E-state index is 0.0653. The fraction of sp³-hybridized carbons (Fsp3) is 0.375. The standard InChI is InChI=1S/C16H18N6O/c17-9-12-5-4-8-22(11-12)16(23)18-10-14-19-15(21-20-14)13-6-2-1-3-7-13/h1-3,6-7,12H,4-5,8,10-11H2,(H,18,23)(H,19,20,21)/t12-/m0/s1. The molecule has 118 valence electrons. The molecule has 3 rings (SSSR count). The van der Waals surface area contributed by atoms with Crippen LogP contribution in [0.25, 0.3) is 11.4 Å². The number of carbonyl (C=O) groups is 1. The highest BCUT2D eigenvalue weighted by Crippen LogP contribution is 2.16. The van der Waals surface area contributed by atoms with E-state index < -0.39 is 0 Å². The van der Waals surface area contributed by atoms with Gasteiger partial charge in [0.05, 0.1) is 18.5 Å². The normalized spacial score (nSPS) is 17.5. The van der Waals surface area contributed by atoms with Crippen molar-refractivity contribution in [3.8, 4) is 17.5 Å². The number of nitrogens with zero attached hydrogens (tertiary/aromatic N) is 4. The Hall–Kier alpha value is -2.88. The number of nitrogens with one attached hydrogen (secondary N) is 2. The van der Waals surface area contributed by atoms with Crippen molar-refractivity contribution in [3.05, 3.63) is 36.2 Å². The number of hydrogen-bond donors (Lipinski definition) is 2. The van der Waals surface area contributed by atoms with E-state index in [0.29, 0.717) is 24.7 Å². The van der Waals surface area contributed by atoms with Crippen LogP contribution in [-0.4, -0.2) is 39.2 Å². The summed E-state index contributed by atoms with van der Waals surface area (Å²) in [5.74, 6) is 1.15. The zero-order valence-corrected chi connectivity index (χ0v) is 12.7. The molecule has 1 aliphatic heterocycles. The molecule has 7 heteroatoms. The number of carbonyl (C=O) groups excluding carboxylic acids is 1. The van der Waals surface area contributed by atoms with Gasteiger partial charge in [-0.1, -0.05) is 30.3 Å². The van der Waals surface area contributed by atoms with Crippen LogP contribution in [-0.2, 0) is 6.54 Å². The molecule has 1 aliphatic rings. The highest BCUT2D eigenvalue weighted by molar-refractivity contribution is 5.74. The first-order chi connectivity index (χ1) is 11.3. The smallest absolute Gasteiger partial charge is 0.317 e. The first-order valence-electron chi connectivity index (χ1n) is 7.65. The molecule has 1 saturated heterocycles. The van der Waals surface area contributed by atoms with Crippen molar-refractivity contribution in [2.24, 2.45) is 5.92 Å². The molecule has 0 saturated carbocycles. The Bertz CT molecular complexity index is 705. The third-order valence-corrected chi connectivity index (χ3v) is 3.86. The number of piperidine rings is 1. The largest absolute Gasteiger partial charge is 0.331 e. The Morgan fingerprint density at radius 2 is 2.26 bits per heavy atom. The Morgan fingerprint density at radius 3 is 3.04 bits per heavy atom. The monoisotopic (exact) mass is 310 g/mol. The van der Waals surface area contributed by atoms with Crippen molar-refractivity contribution in [2.75, 3.05) is 13.1 Å². The van der Waals surface area contributed by atoms with Crippen LogP contribution in [0.2, 0.25) is 0 Å². The number of amides is 2. The Labute approximate surface area is 134 Å². The zero-order chi connectivity index (χ0) is 16.1. The van der Waals surface area contributed by atoms with Crippen LogP contribution in [0, 0.1) is 17.2 Å². The van der Waals surface area contributed by atoms with Gasteiger partial charge < -0.3 is 10.2 Å². The highest BCUT2D eigenvalue weighted by Gasteiger charge is 2.23. The van der Waals surface area contributed by atoms with Gasteiger partial charge in [-0.05, 0) is 12.8 Å². The van der Waals surface area contributed by atoms with Gasteiger partial charge in [0.15, 0.2) is 5.82 Å². The molecule has 1 aromatic heterocycles. The van der Waals surface area contributed by atoms with Gasteiger partial charge in [0, 0.05) is 18.7 Å². The maximum absolute atomic E-state index is 12.2. The summed E-state index contributed by atoms with van der Waals surface area (Å²) in [6, 6.07) is 11.7. The summed E-state index contributed by atoms with van der Waals surface area (Å²) in [5, 5.41) is 18.8. The highest BCUT2D eigenvalue weighted by atomic mass is 16.2. The van der Waals surface area contributed by atoms with E-state index in [1.807, 2.05) is 30.3 Å². The second-order valence-corrected chi connectivity index (χ2v) is 5.54. The lowest BCUT2D eigenvalue weighted by Gasteiger charge is -2.29. The summed E-state index contributed by atoms with van der Waals surface area (Å²) in [6.45, 7) is 1.47. The third-order valence-electron chi connectivity index (χ3n) is 3.86. The number of likely N-dealkylation sites (tertiary alicyclic amines) is 1. The van der Waals surface area contributed by atoms with E-state index in [2.05, 4.69) is 26.6 Å². The van der Waals surface area contributed by atoms with E-state index in [1.165, 1.54) is 0 Å². The van der Waals surface area contributed by atoms with Gasteiger partial charge in [0.25, 0.3) is 0 Å². The lowest BCUT2D eigenvalue weighted by molar-refractivity contribution is 0.176. The number of hydrogen-bond acceptors (Lipinski definition) is 4. The predicted molar refractivity (Wildman–Crippen MR) is 84.0 cm³/mol. The number of aromatic nitrogens is 3. The number of benzene rings is 1. The molecule has 1 atom stereocenters. The third kappa shape index (κ3) is 3.66. The number of urea groups is 1. The average Bonchev–Trinajstić information content (AvgIpc) is 3.09. The number of H-pyrrole nitrogens is 1. The summed E-state index contributed by atoms with van der Waals surface area (Å²) in [7, 11) is 0. The molecule has 2 amide bonds. The van der Waals surface area contributed by atoms with Crippen LogP contribution in [0.1, 0.15) is 18.7 Å². The van der Waals surface area contributed by atoms with Crippen LogP contribution >= 0.6 is 0 Å². The second-order valence-electron chi connectivity index (χ2n) is 5.54. The molecule has 23 heavy (non-hydrogen) atoms. The van der Waals surface area contributed by atoms with Gasteiger partial charge in [0.2, 0.25) is 0 Å². The maximum Gasteiger partial charge on any atom is 0.317 e. The molecular weight excluding hydrogens is 292 g/mol. The topological polar surface area (TPSA) is 97.7 Å². The van der Waals surface area contributed by atoms with Gasteiger partial charge in [-0.3, -0.25) is 5.10 Å². The SMILES string of the molecule is N#C[C@@H]1CCCN(C(=O)NCc2nc(-c3ccccc3)n[nH]2)C1. The van der Waals surface area contributed by atoms with E-state index in [1.54, 1.807) is 4.90 Å². The van der Waals surface area contributed by atoms with E-state index >= 15 is 0 Å². The van der Waals surface area contributed by atoms with Crippen LogP contribution in [0.15, 0.2) is 30.3 Å². The van der Waals surface area contributed by atoms with Crippen molar-refractivity contribution in [1.29, 1.82) is 5.26 Å². The molecule has 1 aromatic carbocycles. The van der Waals surface area contributed by atoms with Crippen molar-refractivity contribution in [2.45, 2.75) is 19.4 Å². The predicted octanol–water partition coefficient (Wildman–Crippen LogP) is 1.92. The summed E-state index contributed by atoms with van der Waals surface area (Å²) in [5.41, 5.74) is 0.925. The summed E-state index contributed by atoms with van der Waals surface area (Å²) >= 11 is 0. The first kappa shape index (κ1) is 15.0. The molecule has 0 unspecified atom stereocenters. The van der Waals surface area contributed by atoms with E-state index in [9.17, 15) is 4.79 Å². The minimum atomic E-state index is -0.164. The molecule has 2 aromatic rings. The molecular formula is C16H18N6O. The van der Waals surface area contributed by atoms with Gasteiger partial charge in [-0.2, -0.15) is 10.4 Å². The number of aromatic amines is 1. The van der Waals surface area contributed by atoms with Gasteiger partial charge in [-0.15, -0.1) is 0 Å². The number of nitriles is 1. The average molecular weight is 310 g/mol. The molecule has 2 N–H and O–H groups in total. The van der Waals surface area contributed by atoms with E-state index in [0.717, 1.165) is 18.4 Å². The van der Waals surface area contributed by atoms with Gasteiger partial charge in [-0.25, -0.2) is 9.78 Å². The summed E-state index contributed by atoms with van der Waals surface area (Å²) < 4.78 is 0. The Balaban J connectivity index is 1.55. The van der Waals surface area contributed by atoms with Crippen molar-refractivity contribution < 1.29 is 4.79 Å². The maximum atomic E-state index is 12.2. The first-order valence-corrected chi connectivity index (χ1v) is 7.65. The number of rotatable bonds is 3. The van der Waals surface area contributed by atoms with Crippen molar-refractivity contribution >= 4 is 6.03 Å². The summed E-state index contributed by atoms with van der Waals surface area (Å²) in [6.07, 6.45) is 1.73. The van der Waals surface area contributed by atoms with Crippen molar-refractivity contribution in [3.63, 3.8) is 0 Å². The molecule has 2 heterocycles. The quantitative estimate of drug-likeness (QED) is 0.905. The second kappa shape index (κ2) is 6.92. The van der Waals surface area contributed by atoms with Gasteiger partial charge >= 0.3 is 6.03 Å². The van der Waals surface area contributed by atoms with Crippen LogP contribution in [0.4, 0.5) is 4.79 Å². The van der Waals surface area contributed by atoms with Gasteiger partial charge in [0.1, 0.15) is 5.82 Å². The molecule has 0 aliphatic carbocycles. The van der Waals surface area contributed by atoms with E-state index in [-0.39, 0.29) is 18.5 Å². The fourth-order valence-corrected chi connectivity index (χ4v) is 2.63. The Morgan fingerprint density at radius 1 is 1.43 bits per heavy atom. The zero-order valence-electron chi connectivity index (χ0n) is 12.7. The van der Waals surface area contributed by atoms with Crippen molar-refractivity contribution in [1.82, 2.24) is 25.4 Å².